The van der Waals surface area contributed by atoms with Crippen LogP contribution in [0.15, 0.2) is 6.20 Å². The summed E-state index contributed by atoms with van der Waals surface area (Å²) in [4.78, 5) is 8.26. The first-order valence-electron chi connectivity index (χ1n) is 6.03. The lowest BCUT2D eigenvalue weighted by molar-refractivity contribution is 0.272. The van der Waals surface area contributed by atoms with Crippen LogP contribution < -0.4 is 5.73 Å². The summed E-state index contributed by atoms with van der Waals surface area (Å²) in [5.41, 5.74) is 5.86. The standard InChI is InChI=1S/C12H21N3S/c1-8(2)15-5-4-10(7-15)12-14-6-11(16-12)9(3)13/h6,8-10H,4-5,7,13H2,1-3H3. The van der Waals surface area contributed by atoms with Crippen LogP contribution in [0.25, 0.3) is 0 Å². The van der Waals surface area contributed by atoms with Crippen LogP contribution in [-0.4, -0.2) is 29.0 Å². The molecule has 1 fully saturated rings. The molecule has 0 spiro atoms. The molecule has 16 heavy (non-hydrogen) atoms. The summed E-state index contributed by atoms with van der Waals surface area (Å²) in [6.07, 6.45) is 3.19. The molecule has 2 heterocycles. The van der Waals surface area contributed by atoms with Gasteiger partial charge in [0, 0.05) is 35.6 Å². The molecule has 0 saturated carbocycles. The Morgan fingerprint density at radius 3 is 2.75 bits per heavy atom. The monoisotopic (exact) mass is 239 g/mol. The Labute approximate surface area is 102 Å². The minimum Gasteiger partial charge on any atom is -0.323 e. The first-order chi connectivity index (χ1) is 7.58. The van der Waals surface area contributed by atoms with Crippen molar-refractivity contribution in [2.24, 2.45) is 5.73 Å². The van der Waals surface area contributed by atoms with Gasteiger partial charge in [0.15, 0.2) is 0 Å². The molecule has 0 amide bonds. The molecule has 4 heteroatoms. The topological polar surface area (TPSA) is 42.1 Å². The van der Waals surface area contributed by atoms with Crippen molar-refractivity contribution in [3.05, 3.63) is 16.1 Å². The molecule has 90 valence electrons. The van der Waals surface area contributed by atoms with Gasteiger partial charge in [0.2, 0.25) is 0 Å². The number of rotatable bonds is 3. The third kappa shape index (κ3) is 2.44. The Kier molecular flexibility index (Phi) is 3.62. The van der Waals surface area contributed by atoms with Crippen LogP contribution in [0.4, 0.5) is 0 Å². The molecule has 0 aromatic carbocycles. The molecule has 2 N–H and O–H groups in total. The van der Waals surface area contributed by atoms with Gasteiger partial charge in [-0.25, -0.2) is 4.98 Å². The van der Waals surface area contributed by atoms with E-state index in [1.54, 1.807) is 11.3 Å². The molecular weight excluding hydrogens is 218 g/mol. The lowest BCUT2D eigenvalue weighted by atomic mass is 10.1. The predicted molar refractivity (Wildman–Crippen MR) is 68.8 cm³/mol. The highest BCUT2D eigenvalue weighted by molar-refractivity contribution is 7.11. The number of aromatic nitrogens is 1. The molecule has 2 unspecified atom stereocenters. The predicted octanol–water partition coefficient (Wildman–Crippen LogP) is 2.36. The Morgan fingerprint density at radius 1 is 1.50 bits per heavy atom. The van der Waals surface area contributed by atoms with Crippen LogP contribution in [0.5, 0.6) is 0 Å². The molecule has 0 radical (unpaired) electrons. The maximum atomic E-state index is 5.86. The Balaban J connectivity index is 2.03. The summed E-state index contributed by atoms with van der Waals surface area (Å²) in [7, 11) is 0. The molecule has 1 aromatic heterocycles. The molecule has 0 aliphatic carbocycles. The zero-order chi connectivity index (χ0) is 11.7. The van der Waals surface area contributed by atoms with E-state index >= 15 is 0 Å². The summed E-state index contributed by atoms with van der Waals surface area (Å²) in [6, 6.07) is 0.770. The molecule has 0 bridgehead atoms. The fraction of sp³-hybridized carbons (Fsp3) is 0.750. The SMILES string of the molecule is CC(N)c1cnc(C2CCN(C(C)C)C2)s1. The highest BCUT2D eigenvalue weighted by Crippen LogP contribution is 2.32. The number of hydrogen-bond donors (Lipinski definition) is 1. The normalized spacial score (nSPS) is 24.2. The molecule has 3 nitrogen and oxygen atoms in total. The van der Waals surface area contributed by atoms with E-state index in [9.17, 15) is 0 Å². The van der Waals surface area contributed by atoms with Gasteiger partial charge in [-0.05, 0) is 33.7 Å². The first-order valence-corrected chi connectivity index (χ1v) is 6.85. The van der Waals surface area contributed by atoms with Gasteiger partial charge in [-0.15, -0.1) is 11.3 Å². The van der Waals surface area contributed by atoms with Crippen molar-refractivity contribution in [3.63, 3.8) is 0 Å². The molecule has 2 rings (SSSR count). The molecule has 1 aliphatic rings. The molecule has 1 aliphatic heterocycles. The average molecular weight is 239 g/mol. The fourth-order valence-electron chi connectivity index (χ4n) is 2.16. The number of nitrogens with zero attached hydrogens (tertiary/aromatic N) is 2. The number of thiazole rings is 1. The van der Waals surface area contributed by atoms with E-state index in [0.717, 1.165) is 6.54 Å². The van der Waals surface area contributed by atoms with Crippen molar-refractivity contribution in [2.45, 2.75) is 45.2 Å². The summed E-state index contributed by atoms with van der Waals surface area (Å²) in [5.74, 6) is 0.625. The van der Waals surface area contributed by atoms with Crippen molar-refractivity contribution < 1.29 is 0 Å². The minimum atomic E-state index is 0.119. The Bertz CT molecular complexity index is 346. The average Bonchev–Trinajstić information content (AvgIpc) is 2.86. The zero-order valence-electron chi connectivity index (χ0n) is 10.3. The van der Waals surface area contributed by atoms with E-state index in [2.05, 4.69) is 23.7 Å². The third-order valence-corrected chi connectivity index (χ3v) is 4.65. The third-order valence-electron chi connectivity index (χ3n) is 3.29. The molecule has 1 saturated heterocycles. The van der Waals surface area contributed by atoms with E-state index in [-0.39, 0.29) is 6.04 Å². The Hall–Kier alpha value is -0.450. The van der Waals surface area contributed by atoms with Gasteiger partial charge in [-0.2, -0.15) is 0 Å². The van der Waals surface area contributed by atoms with E-state index in [1.165, 1.54) is 22.9 Å². The first kappa shape index (κ1) is 12.0. The summed E-state index contributed by atoms with van der Waals surface area (Å²) >= 11 is 1.79. The van der Waals surface area contributed by atoms with E-state index < -0.39 is 0 Å². The van der Waals surface area contributed by atoms with Crippen molar-refractivity contribution in [1.82, 2.24) is 9.88 Å². The lowest BCUT2D eigenvalue weighted by Gasteiger charge is -2.19. The maximum Gasteiger partial charge on any atom is 0.0972 e. The van der Waals surface area contributed by atoms with Gasteiger partial charge in [-0.1, -0.05) is 0 Å². The van der Waals surface area contributed by atoms with Gasteiger partial charge in [-0.3, -0.25) is 0 Å². The highest BCUT2D eigenvalue weighted by Gasteiger charge is 2.27. The highest BCUT2D eigenvalue weighted by atomic mass is 32.1. The van der Waals surface area contributed by atoms with Gasteiger partial charge in [0.05, 0.1) is 5.01 Å². The zero-order valence-corrected chi connectivity index (χ0v) is 11.1. The minimum absolute atomic E-state index is 0.119. The van der Waals surface area contributed by atoms with Crippen LogP contribution >= 0.6 is 11.3 Å². The number of nitrogens with two attached hydrogens (primary N) is 1. The van der Waals surface area contributed by atoms with Crippen LogP contribution in [0, 0.1) is 0 Å². The molecule has 2 atom stereocenters. The van der Waals surface area contributed by atoms with Crippen molar-refractivity contribution >= 4 is 11.3 Å². The maximum absolute atomic E-state index is 5.86. The summed E-state index contributed by atoms with van der Waals surface area (Å²) in [5, 5.41) is 1.27. The van der Waals surface area contributed by atoms with E-state index in [1.807, 2.05) is 13.1 Å². The second-order valence-corrected chi connectivity index (χ2v) is 6.06. The second kappa shape index (κ2) is 4.82. The van der Waals surface area contributed by atoms with Crippen LogP contribution in [0.3, 0.4) is 0 Å². The smallest absolute Gasteiger partial charge is 0.0972 e. The summed E-state index contributed by atoms with van der Waals surface area (Å²) < 4.78 is 0. The number of likely N-dealkylation sites (tertiary alicyclic amines) is 1. The van der Waals surface area contributed by atoms with E-state index in [0.29, 0.717) is 12.0 Å². The lowest BCUT2D eigenvalue weighted by Crippen LogP contribution is -2.27. The van der Waals surface area contributed by atoms with Crippen molar-refractivity contribution in [3.8, 4) is 0 Å². The van der Waals surface area contributed by atoms with Crippen LogP contribution in [0.2, 0.25) is 0 Å². The van der Waals surface area contributed by atoms with Gasteiger partial charge < -0.3 is 10.6 Å². The van der Waals surface area contributed by atoms with Gasteiger partial charge in [0.25, 0.3) is 0 Å². The van der Waals surface area contributed by atoms with Crippen molar-refractivity contribution in [1.29, 1.82) is 0 Å². The van der Waals surface area contributed by atoms with Crippen LogP contribution in [-0.2, 0) is 0 Å². The van der Waals surface area contributed by atoms with Crippen molar-refractivity contribution in [2.75, 3.05) is 13.1 Å². The largest absolute Gasteiger partial charge is 0.323 e. The Morgan fingerprint density at radius 2 is 2.25 bits per heavy atom. The van der Waals surface area contributed by atoms with Gasteiger partial charge in [0.1, 0.15) is 0 Å². The number of hydrogen-bond acceptors (Lipinski definition) is 4. The van der Waals surface area contributed by atoms with Gasteiger partial charge >= 0.3 is 0 Å². The fourth-order valence-corrected chi connectivity index (χ4v) is 3.16. The van der Waals surface area contributed by atoms with E-state index in [4.69, 9.17) is 5.73 Å². The quantitative estimate of drug-likeness (QED) is 0.880. The molecular formula is C12H21N3S. The van der Waals surface area contributed by atoms with Crippen LogP contribution in [0.1, 0.15) is 49.0 Å². The summed E-state index contributed by atoms with van der Waals surface area (Å²) in [6.45, 7) is 8.90. The second-order valence-electron chi connectivity index (χ2n) is 4.96. The molecule has 1 aromatic rings.